The van der Waals surface area contributed by atoms with E-state index in [1.54, 1.807) is 24.3 Å². The number of hydrogen-bond donors (Lipinski definition) is 5. The maximum atomic E-state index is 9.98. The smallest absolute Gasteiger partial charge is 0.229 e. The highest BCUT2D eigenvalue weighted by Crippen LogP contribution is 2.26. The summed E-state index contributed by atoms with van der Waals surface area (Å²) >= 11 is 0. The van der Waals surface area contributed by atoms with Crippen molar-refractivity contribution in [3.8, 4) is 5.75 Å². The van der Waals surface area contributed by atoms with Crippen LogP contribution < -0.4 is 10.1 Å². The molecule has 25 heavy (non-hydrogen) atoms. The highest BCUT2D eigenvalue weighted by Gasteiger charge is 2.44. The first-order valence-corrected chi connectivity index (χ1v) is 7.98. The van der Waals surface area contributed by atoms with Crippen LogP contribution in [0.1, 0.15) is 0 Å². The molecule has 0 amide bonds. The van der Waals surface area contributed by atoms with Gasteiger partial charge in [-0.2, -0.15) is 0 Å². The van der Waals surface area contributed by atoms with Crippen LogP contribution in [0.2, 0.25) is 0 Å². The highest BCUT2D eigenvalue weighted by atomic mass is 16.7. The number of anilines is 2. The fourth-order valence-electron chi connectivity index (χ4n) is 2.60. The zero-order chi connectivity index (χ0) is 17.8. The molecule has 0 aromatic heterocycles. The van der Waals surface area contributed by atoms with Crippen molar-refractivity contribution in [2.45, 2.75) is 30.7 Å². The lowest BCUT2D eigenvalue weighted by molar-refractivity contribution is -0.277. The maximum absolute atomic E-state index is 9.98. The molecule has 1 aliphatic rings. The maximum Gasteiger partial charge on any atom is 0.229 e. The lowest BCUT2D eigenvalue weighted by Crippen LogP contribution is -2.60. The molecule has 0 aliphatic carbocycles. The molecule has 0 saturated carbocycles. The Morgan fingerprint density at radius 3 is 2.12 bits per heavy atom. The van der Waals surface area contributed by atoms with Gasteiger partial charge >= 0.3 is 0 Å². The molecule has 134 valence electrons. The van der Waals surface area contributed by atoms with Crippen molar-refractivity contribution in [1.29, 1.82) is 0 Å². The molecule has 7 nitrogen and oxygen atoms in total. The molecule has 7 heteroatoms. The number of benzene rings is 2. The van der Waals surface area contributed by atoms with Crippen molar-refractivity contribution in [1.82, 2.24) is 0 Å². The van der Waals surface area contributed by atoms with E-state index in [-0.39, 0.29) is 0 Å². The van der Waals surface area contributed by atoms with E-state index in [0.717, 1.165) is 11.4 Å². The van der Waals surface area contributed by atoms with Crippen LogP contribution in [-0.4, -0.2) is 57.7 Å². The van der Waals surface area contributed by atoms with Gasteiger partial charge < -0.3 is 35.2 Å². The molecule has 0 unspecified atom stereocenters. The molecule has 0 radical (unpaired) electrons. The summed E-state index contributed by atoms with van der Waals surface area (Å²) in [5.74, 6) is 0.419. The quantitative estimate of drug-likeness (QED) is 0.539. The van der Waals surface area contributed by atoms with Gasteiger partial charge in [0, 0.05) is 11.4 Å². The van der Waals surface area contributed by atoms with Gasteiger partial charge in [0.05, 0.1) is 6.61 Å². The molecule has 1 heterocycles. The summed E-state index contributed by atoms with van der Waals surface area (Å²) in [6.45, 7) is -0.495. The molecule has 0 spiro atoms. The first kappa shape index (κ1) is 17.7. The van der Waals surface area contributed by atoms with E-state index in [9.17, 15) is 20.4 Å². The molecule has 2 aromatic carbocycles. The molecule has 3 rings (SSSR count). The predicted molar refractivity (Wildman–Crippen MR) is 90.6 cm³/mol. The third kappa shape index (κ3) is 4.09. The fourth-order valence-corrected chi connectivity index (χ4v) is 2.60. The Hall–Kier alpha value is -2.16. The summed E-state index contributed by atoms with van der Waals surface area (Å²) in [4.78, 5) is 0. The second-order valence-electron chi connectivity index (χ2n) is 5.83. The fraction of sp³-hybridized carbons (Fsp3) is 0.333. The van der Waals surface area contributed by atoms with E-state index in [0.29, 0.717) is 5.75 Å². The van der Waals surface area contributed by atoms with Crippen molar-refractivity contribution >= 4 is 11.4 Å². The standard InChI is InChI=1S/C18H21NO6/c20-10-14-15(21)16(22)17(23)18(25-14)24-13-8-6-12(7-9-13)19-11-4-2-1-3-5-11/h1-9,14-23H,10H2/t14-,15+,16+,17-,18-/m1/s1. The van der Waals surface area contributed by atoms with Crippen molar-refractivity contribution in [2.24, 2.45) is 0 Å². The van der Waals surface area contributed by atoms with E-state index in [1.165, 1.54) is 0 Å². The number of nitrogens with one attached hydrogen (secondary N) is 1. The van der Waals surface area contributed by atoms with Gasteiger partial charge in [0.1, 0.15) is 30.2 Å². The van der Waals surface area contributed by atoms with Gasteiger partial charge in [-0.25, -0.2) is 0 Å². The predicted octanol–water partition coefficient (Wildman–Crippen LogP) is 0.609. The summed E-state index contributed by atoms with van der Waals surface area (Å²) < 4.78 is 10.9. The third-order valence-electron chi connectivity index (χ3n) is 4.02. The second kappa shape index (κ2) is 7.81. The van der Waals surface area contributed by atoms with Gasteiger partial charge in [0.2, 0.25) is 6.29 Å². The molecule has 5 N–H and O–H groups in total. The highest BCUT2D eigenvalue weighted by molar-refractivity contribution is 5.59. The summed E-state index contributed by atoms with van der Waals surface area (Å²) in [5.41, 5.74) is 1.80. The van der Waals surface area contributed by atoms with Crippen LogP contribution in [-0.2, 0) is 4.74 Å². The first-order chi connectivity index (χ1) is 12.1. The van der Waals surface area contributed by atoms with Gasteiger partial charge in [-0.05, 0) is 36.4 Å². The van der Waals surface area contributed by atoms with Crippen LogP contribution in [0.25, 0.3) is 0 Å². The average molecular weight is 347 g/mol. The van der Waals surface area contributed by atoms with Crippen LogP contribution in [0.15, 0.2) is 54.6 Å². The van der Waals surface area contributed by atoms with E-state index in [2.05, 4.69) is 5.32 Å². The Kier molecular flexibility index (Phi) is 5.52. The molecule has 5 atom stereocenters. The van der Waals surface area contributed by atoms with Crippen LogP contribution in [0.4, 0.5) is 11.4 Å². The molecule has 1 fully saturated rings. The minimum absolute atomic E-state index is 0.419. The average Bonchev–Trinajstić information content (AvgIpc) is 2.64. The minimum atomic E-state index is -1.46. The van der Waals surface area contributed by atoms with Crippen LogP contribution >= 0.6 is 0 Å². The summed E-state index contributed by atoms with van der Waals surface area (Å²) in [5, 5.41) is 41.9. The normalized spacial score (nSPS) is 29.2. The largest absolute Gasteiger partial charge is 0.462 e. The zero-order valence-electron chi connectivity index (χ0n) is 13.4. The molecule has 2 aromatic rings. The Bertz CT molecular complexity index is 663. The van der Waals surface area contributed by atoms with Gasteiger partial charge in [-0.1, -0.05) is 18.2 Å². The van der Waals surface area contributed by atoms with Crippen molar-refractivity contribution in [2.75, 3.05) is 11.9 Å². The number of para-hydroxylation sites is 1. The topological polar surface area (TPSA) is 111 Å². The van der Waals surface area contributed by atoms with Crippen molar-refractivity contribution in [3.05, 3.63) is 54.6 Å². The van der Waals surface area contributed by atoms with E-state index >= 15 is 0 Å². The van der Waals surface area contributed by atoms with Gasteiger partial charge in [0.15, 0.2) is 0 Å². The number of aliphatic hydroxyl groups is 4. The van der Waals surface area contributed by atoms with Crippen LogP contribution in [0.3, 0.4) is 0 Å². The second-order valence-corrected chi connectivity index (χ2v) is 5.83. The van der Waals surface area contributed by atoms with Gasteiger partial charge in [0.25, 0.3) is 0 Å². The monoisotopic (exact) mass is 347 g/mol. The molecular weight excluding hydrogens is 326 g/mol. The van der Waals surface area contributed by atoms with Crippen molar-refractivity contribution in [3.63, 3.8) is 0 Å². The van der Waals surface area contributed by atoms with Crippen molar-refractivity contribution < 1.29 is 29.9 Å². The number of rotatable bonds is 5. The van der Waals surface area contributed by atoms with Gasteiger partial charge in [-0.3, -0.25) is 0 Å². The SMILES string of the molecule is OC[C@H]1O[C@@H](Oc2ccc(Nc3ccccc3)cc2)[C@H](O)[C@@H](O)[C@H]1O. The zero-order valence-corrected chi connectivity index (χ0v) is 13.4. The van der Waals surface area contributed by atoms with E-state index < -0.39 is 37.3 Å². The molecule has 1 aliphatic heterocycles. The molecular formula is C18H21NO6. The first-order valence-electron chi connectivity index (χ1n) is 7.98. The number of ether oxygens (including phenoxy) is 2. The molecule has 1 saturated heterocycles. The summed E-state index contributed by atoms with van der Waals surface area (Å²) in [6.07, 6.45) is -6.49. The minimum Gasteiger partial charge on any atom is -0.462 e. The Morgan fingerprint density at radius 2 is 1.48 bits per heavy atom. The summed E-state index contributed by atoms with van der Waals surface area (Å²) in [6, 6.07) is 16.6. The lowest BCUT2D eigenvalue weighted by Gasteiger charge is -2.39. The van der Waals surface area contributed by atoms with E-state index in [4.69, 9.17) is 9.47 Å². The summed E-state index contributed by atoms with van der Waals surface area (Å²) in [7, 11) is 0. The van der Waals surface area contributed by atoms with E-state index in [1.807, 2.05) is 30.3 Å². The third-order valence-corrected chi connectivity index (χ3v) is 4.02. The molecule has 0 bridgehead atoms. The number of aliphatic hydroxyl groups excluding tert-OH is 4. The Morgan fingerprint density at radius 1 is 0.840 bits per heavy atom. The van der Waals surface area contributed by atoms with Crippen LogP contribution in [0, 0.1) is 0 Å². The van der Waals surface area contributed by atoms with Crippen LogP contribution in [0.5, 0.6) is 5.75 Å². The number of hydrogen-bond acceptors (Lipinski definition) is 7. The Labute approximate surface area is 145 Å². The van der Waals surface area contributed by atoms with Gasteiger partial charge in [-0.15, -0.1) is 0 Å². The lowest BCUT2D eigenvalue weighted by atomic mass is 9.99. The Balaban J connectivity index is 1.64.